The van der Waals surface area contributed by atoms with E-state index in [9.17, 15) is 9.59 Å². The zero-order valence-electron chi connectivity index (χ0n) is 18.2. The van der Waals surface area contributed by atoms with Crippen LogP contribution in [-0.2, 0) is 11.3 Å². The average molecular weight is 414 g/mol. The minimum atomic E-state index is -0.499. The van der Waals surface area contributed by atoms with E-state index in [4.69, 9.17) is 9.47 Å². The number of carbonyl (C=O) groups excluding carboxylic acids is 2. The van der Waals surface area contributed by atoms with E-state index in [1.54, 1.807) is 12.0 Å². The number of para-hydroxylation sites is 1. The molecule has 1 aliphatic rings. The first-order chi connectivity index (χ1) is 14.3. The molecule has 2 aromatic rings. The van der Waals surface area contributed by atoms with E-state index < -0.39 is 5.60 Å². The van der Waals surface area contributed by atoms with Gasteiger partial charge in [0.1, 0.15) is 17.0 Å². The maximum Gasteiger partial charge on any atom is 0.410 e. The van der Waals surface area contributed by atoms with Crippen molar-refractivity contribution in [1.29, 1.82) is 0 Å². The molecule has 1 aromatic heterocycles. The van der Waals surface area contributed by atoms with Crippen molar-refractivity contribution in [3.05, 3.63) is 53.9 Å². The number of piperidine rings is 1. The molecule has 0 bridgehead atoms. The van der Waals surface area contributed by atoms with Crippen molar-refractivity contribution >= 4 is 12.0 Å². The fraction of sp³-hybridized carbons (Fsp3) is 0.478. The highest BCUT2D eigenvalue weighted by Crippen LogP contribution is 2.26. The van der Waals surface area contributed by atoms with Gasteiger partial charge in [-0.25, -0.2) is 4.79 Å². The molecular formula is C23H31N3O4. The molecule has 0 radical (unpaired) electrons. The van der Waals surface area contributed by atoms with Gasteiger partial charge in [-0.15, -0.1) is 0 Å². The molecule has 2 amide bonds. The molecule has 162 valence electrons. The molecule has 1 N–H and O–H groups in total. The number of ether oxygens (including phenoxy) is 2. The van der Waals surface area contributed by atoms with Crippen LogP contribution in [0, 0.1) is 0 Å². The number of hydrogen-bond donors (Lipinski definition) is 1. The van der Waals surface area contributed by atoms with Crippen molar-refractivity contribution in [1.82, 2.24) is 14.8 Å². The number of benzene rings is 1. The summed E-state index contributed by atoms with van der Waals surface area (Å²) in [7, 11) is 1.62. The van der Waals surface area contributed by atoms with Gasteiger partial charge in [0.05, 0.1) is 7.11 Å². The number of carbonyl (C=O) groups is 2. The van der Waals surface area contributed by atoms with Gasteiger partial charge in [0.25, 0.3) is 5.91 Å². The topological polar surface area (TPSA) is 72.8 Å². The average Bonchev–Trinajstić information content (AvgIpc) is 3.21. The Labute approximate surface area is 178 Å². The van der Waals surface area contributed by atoms with Crippen LogP contribution in [0.15, 0.2) is 42.6 Å². The molecule has 2 heterocycles. The second-order valence-electron chi connectivity index (χ2n) is 8.49. The minimum absolute atomic E-state index is 0.125. The standard InChI is InChI=1S/C23H31N3O4/c1-23(2,3)30-22(28)25-14-11-18(12-15-25)26-13-7-9-19(26)21(27)24-16-17-8-5-6-10-20(17)29-4/h5-10,13,18H,11-12,14-16H2,1-4H3,(H,24,27). The van der Waals surface area contributed by atoms with E-state index in [1.807, 2.05) is 67.9 Å². The lowest BCUT2D eigenvalue weighted by molar-refractivity contribution is 0.0187. The molecule has 0 unspecified atom stereocenters. The molecule has 1 aromatic carbocycles. The molecule has 0 atom stereocenters. The van der Waals surface area contributed by atoms with E-state index in [-0.39, 0.29) is 18.0 Å². The molecule has 3 rings (SSSR count). The third kappa shape index (κ3) is 5.34. The first-order valence-corrected chi connectivity index (χ1v) is 10.3. The SMILES string of the molecule is COc1ccccc1CNC(=O)c1cccn1C1CCN(C(=O)OC(C)(C)C)CC1. The molecular weight excluding hydrogens is 382 g/mol. The van der Waals surface area contributed by atoms with Crippen LogP contribution >= 0.6 is 0 Å². The van der Waals surface area contributed by atoms with Gasteiger partial charge in [-0.3, -0.25) is 4.79 Å². The summed E-state index contributed by atoms with van der Waals surface area (Å²) in [6.07, 6.45) is 3.22. The first kappa shape index (κ1) is 21.7. The second-order valence-corrected chi connectivity index (χ2v) is 8.49. The molecule has 7 heteroatoms. The monoisotopic (exact) mass is 413 g/mol. The summed E-state index contributed by atoms with van der Waals surface area (Å²) >= 11 is 0. The number of nitrogens with one attached hydrogen (secondary N) is 1. The summed E-state index contributed by atoms with van der Waals surface area (Å²) in [5, 5.41) is 2.98. The fourth-order valence-corrected chi connectivity index (χ4v) is 3.67. The zero-order valence-corrected chi connectivity index (χ0v) is 18.2. The number of methoxy groups -OCH3 is 1. The first-order valence-electron chi connectivity index (χ1n) is 10.3. The lowest BCUT2D eigenvalue weighted by Crippen LogP contribution is -2.42. The Morgan fingerprint density at radius 1 is 1.10 bits per heavy atom. The Morgan fingerprint density at radius 2 is 1.80 bits per heavy atom. The van der Waals surface area contributed by atoms with E-state index in [0.717, 1.165) is 24.2 Å². The van der Waals surface area contributed by atoms with Crippen LogP contribution in [0.3, 0.4) is 0 Å². The maximum atomic E-state index is 12.8. The molecule has 1 aliphatic heterocycles. The van der Waals surface area contributed by atoms with Gasteiger partial charge in [0.2, 0.25) is 0 Å². The van der Waals surface area contributed by atoms with Gasteiger partial charge in [-0.05, 0) is 51.8 Å². The third-order valence-electron chi connectivity index (χ3n) is 5.15. The van der Waals surface area contributed by atoms with Gasteiger partial charge < -0.3 is 24.3 Å². The minimum Gasteiger partial charge on any atom is -0.496 e. The number of nitrogens with zero attached hydrogens (tertiary/aromatic N) is 2. The summed E-state index contributed by atoms with van der Waals surface area (Å²) < 4.78 is 12.8. The Hall–Kier alpha value is -2.96. The third-order valence-corrected chi connectivity index (χ3v) is 5.15. The van der Waals surface area contributed by atoms with E-state index in [2.05, 4.69) is 5.32 Å². The molecule has 1 saturated heterocycles. The van der Waals surface area contributed by atoms with Crippen molar-refractivity contribution in [3.8, 4) is 5.75 Å². The number of hydrogen-bond acceptors (Lipinski definition) is 4. The summed E-state index contributed by atoms with van der Waals surface area (Å²) in [4.78, 5) is 26.8. The number of aromatic nitrogens is 1. The van der Waals surface area contributed by atoms with E-state index in [0.29, 0.717) is 25.3 Å². The van der Waals surface area contributed by atoms with Crippen molar-refractivity contribution in [2.24, 2.45) is 0 Å². The highest BCUT2D eigenvalue weighted by atomic mass is 16.6. The van der Waals surface area contributed by atoms with Crippen molar-refractivity contribution in [3.63, 3.8) is 0 Å². The number of likely N-dealkylation sites (tertiary alicyclic amines) is 1. The largest absolute Gasteiger partial charge is 0.496 e. The maximum absolute atomic E-state index is 12.8. The molecule has 1 fully saturated rings. The lowest BCUT2D eigenvalue weighted by atomic mass is 10.0. The van der Waals surface area contributed by atoms with Crippen molar-refractivity contribution < 1.29 is 19.1 Å². The van der Waals surface area contributed by atoms with E-state index in [1.165, 1.54) is 0 Å². The highest BCUT2D eigenvalue weighted by Gasteiger charge is 2.28. The Morgan fingerprint density at radius 3 is 2.47 bits per heavy atom. The Bertz CT molecular complexity index is 877. The Kier molecular flexibility index (Phi) is 6.70. The predicted octanol–water partition coefficient (Wildman–Crippen LogP) is 4.00. The fourth-order valence-electron chi connectivity index (χ4n) is 3.67. The quantitative estimate of drug-likeness (QED) is 0.804. The summed E-state index contributed by atoms with van der Waals surface area (Å²) in [5.41, 5.74) is 1.05. The van der Waals surface area contributed by atoms with Crippen LogP contribution in [0.2, 0.25) is 0 Å². The lowest BCUT2D eigenvalue weighted by Gasteiger charge is -2.34. The van der Waals surface area contributed by atoms with Gasteiger partial charge in [-0.1, -0.05) is 18.2 Å². The Balaban J connectivity index is 1.59. The molecule has 0 spiro atoms. The molecule has 30 heavy (non-hydrogen) atoms. The molecule has 0 aliphatic carbocycles. The molecule has 0 saturated carbocycles. The smallest absolute Gasteiger partial charge is 0.410 e. The number of amides is 2. The van der Waals surface area contributed by atoms with Gasteiger partial charge in [0.15, 0.2) is 0 Å². The summed E-state index contributed by atoms with van der Waals surface area (Å²) in [5.74, 6) is 0.628. The van der Waals surface area contributed by atoms with Crippen molar-refractivity contribution in [2.45, 2.75) is 51.8 Å². The van der Waals surface area contributed by atoms with Crippen LogP contribution in [0.4, 0.5) is 4.79 Å². The predicted molar refractivity (Wildman–Crippen MR) is 115 cm³/mol. The van der Waals surface area contributed by atoms with Crippen LogP contribution in [-0.4, -0.2) is 47.3 Å². The second kappa shape index (κ2) is 9.24. The van der Waals surface area contributed by atoms with Gasteiger partial charge >= 0.3 is 6.09 Å². The zero-order chi connectivity index (χ0) is 21.7. The highest BCUT2D eigenvalue weighted by molar-refractivity contribution is 5.92. The van der Waals surface area contributed by atoms with Gasteiger partial charge in [0, 0.05) is 37.4 Å². The normalized spacial score (nSPS) is 15.0. The van der Waals surface area contributed by atoms with Crippen LogP contribution in [0.5, 0.6) is 5.75 Å². The summed E-state index contributed by atoms with van der Waals surface area (Å²) in [6, 6.07) is 11.5. The number of rotatable bonds is 5. The van der Waals surface area contributed by atoms with Crippen LogP contribution in [0.1, 0.15) is 55.7 Å². The summed E-state index contributed by atoms with van der Waals surface area (Å²) in [6.45, 7) is 7.22. The van der Waals surface area contributed by atoms with Crippen LogP contribution < -0.4 is 10.1 Å². The van der Waals surface area contributed by atoms with Crippen molar-refractivity contribution in [2.75, 3.05) is 20.2 Å². The van der Waals surface area contributed by atoms with Gasteiger partial charge in [-0.2, -0.15) is 0 Å². The van der Waals surface area contributed by atoms with E-state index >= 15 is 0 Å². The van der Waals surface area contributed by atoms with Crippen LogP contribution in [0.25, 0.3) is 0 Å². The molecule has 7 nitrogen and oxygen atoms in total.